The molecule has 3 rings (SSSR count). The van der Waals surface area contributed by atoms with Gasteiger partial charge in [-0.2, -0.15) is 11.3 Å². The zero-order valence-corrected chi connectivity index (χ0v) is 19.9. The Labute approximate surface area is 199 Å². The van der Waals surface area contributed by atoms with E-state index in [4.69, 9.17) is 4.74 Å². The van der Waals surface area contributed by atoms with Crippen LogP contribution in [0.1, 0.15) is 51.1 Å². The van der Waals surface area contributed by atoms with Gasteiger partial charge in [0, 0.05) is 23.9 Å². The summed E-state index contributed by atoms with van der Waals surface area (Å²) in [5.74, 6) is -1.24. The summed E-state index contributed by atoms with van der Waals surface area (Å²) in [6, 6.07) is 7.60. The fourth-order valence-electron chi connectivity index (χ4n) is 2.99. The number of halogens is 1. The number of thiazole rings is 1. The number of aryl methyl sites for hydroxylation is 1. The Balaban J connectivity index is 1.70. The molecule has 0 bridgehead atoms. The molecule has 0 saturated heterocycles. The number of ether oxygens (including phenoxy) is 1. The number of hydrogen-bond donors (Lipinski definition) is 1. The lowest BCUT2D eigenvalue weighted by atomic mass is 10.2. The van der Waals surface area contributed by atoms with E-state index in [1.807, 2.05) is 5.38 Å². The highest BCUT2D eigenvalue weighted by atomic mass is 32.1. The molecule has 0 aliphatic rings. The average molecular weight is 490 g/mol. The lowest BCUT2D eigenvalue weighted by molar-refractivity contribution is -0.118. The Kier molecular flexibility index (Phi) is 8.67. The van der Waals surface area contributed by atoms with Crippen LogP contribution >= 0.6 is 22.7 Å². The SMILES string of the molecule is CCOC(=O)c1sc(N(Cc2ccc(F)cc2)C(=O)CCCNC(=O)c2ccsc2)nc1C. The van der Waals surface area contributed by atoms with Crippen LogP contribution in [0.15, 0.2) is 41.1 Å². The Morgan fingerprint density at radius 1 is 1.18 bits per heavy atom. The maximum absolute atomic E-state index is 13.3. The van der Waals surface area contributed by atoms with E-state index in [9.17, 15) is 18.8 Å². The van der Waals surface area contributed by atoms with Crippen LogP contribution in [0.25, 0.3) is 0 Å². The van der Waals surface area contributed by atoms with E-state index in [0.29, 0.717) is 34.2 Å². The number of rotatable bonds is 10. The van der Waals surface area contributed by atoms with Crippen LogP contribution < -0.4 is 10.2 Å². The number of esters is 1. The van der Waals surface area contributed by atoms with Crippen molar-refractivity contribution in [1.82, 2.24) is 10.3 Å². The van der Waals surface area contributed by atoms with E-state index >= 15 is 0 Å². The van der Waals surface area contributed by atoms with E-state index in [-0.39, 0.29) is 37.2 Å². The Morgan fingerprint density at radius 2 is 1.94 bits per heavy atom. The number of aromatic nitrogens is 1. The first-order valence-electron chi connectivity index (χ1n) is 10.4. The summed E-state index contributed by atoms with van der Waals surface area (Å²) in [6.45, 7) is 4.16. The molecule has 2 aromatic heterocycles. The van der Waals surface area contributed by atoms with Gasteiger partial charge in [0.2, 0.25) is 5.91 Å². The van der Waals surface area contributed by atoms with Crippen molar-refractivity contribution >= 4 is 45.6 Å². The van der Waals surface area contributed by atoms with Gasteiger partial charge in [-0.15, -0.1) is 0 Å². The number of anilines is 1. The second-order valence-corrected chi connectivity index (χ2v) is 8.87. The zero-order valence-electron chi connectivity index (χ0n) is 18.3. The fourth-order valence-corrected chi connectivity index (χ4v) is 4.60. The van der Waals surface area contributed by atoms with Crippen LogP contribution in [0.2, 0.25) is 0 Å². The van der Waals surface area contributed by atoms with Gasteiger partial charge >= 0.3 is 5.97 Å². The molecule has 174 valence electrons. The molecule has 1 N–H and O–H groups in total. The Hall–Kier alpha value is -3.11. The minimum atomic E-state index is -0.482. The molecule has 2 heterocycles. The molecule has 0 aliphatic carbocycles. The third-order valence-electron chi connectivity index (χ3n) is 4.67. The van der Waals surface area contributed by atoms with Crippen molar-refractivity contribution in [1.29, 1.82) is 0 Å². The molecule has 1 aromatic carbocycles. The van der Waals surface area contributed by atoms with Crippen molar-refractivity contribution in [2.24, 2.45) is 0 Å². The maximum Gasteiger partial charge on any atom is 0.350 e. The second kappa shape index (κ2) is 11.7. The summed E-state index contributed by atoms with van der Waals surface area (Å²) in [6.07, 6.45) is 0.599. The summed E-state index contributed by atoms with van der Waals surface area (Å²) in [5, 5.41) is 6.75. The van der Waals surface area contributed by atoms with Gasteiger partial charge in [-0.3, -0.25) is 14.5 Å². The number of thiophene rings is 1. The number of carbonyl (C=O) groups excluding carboxylic acids is 3. The molecule has 0 atom stereocenters. The van der Waals surface area contributed by atoms with Crippen molar-refractivity contribution in [3.8, 4) is 0 Å². The van der Waals surface area contributed by atoms with E-state index < -0.39 is 5.97 Å². The standard InChI is InChI=1S/C23H24FN3O4S2/c1-3-31-22(30)20-15(2)26-23(33-20)27(13-16-6-8-18(24)9-7-16)19(28)5-4-11-25-21(29)17-10-12-32-14-17/h6-10,12,14H,3-5,11,13H2,1-2H3,(H,25,29). The largest absolute Gasteiger partial charge is 0.462 e. The number of nitrogens with one attached hydrogen (secondary N) is 1. The molecule has 2 amide bonds. The molecule has 0 aliphatic heterocycles. The first-order valence-corrected chi connectivity index (χ1v) is 12.1. The third kappa shape index (κ3) is 6.69. The molecular formula is C23H24FN3O4S2. The number of nitrogens with zero attached hydrogens (tertiary/aromatic N) is 2. The summed E-state index contributed by atoms with van der Waals surface area (Å²) in [5.41, 5.74) is 1.79. The van der Waals surface area contributed by atoms with E-state index in [0.717, 1.165) is 16.9 Å². The van der Waals surface area contributed by atoms with Crippen molar-refractivity contribution in [2.45, 2.75) is 33.2 Å². The minimum Gasteiger partial charge on any atom is -0.462 e. The van der Waals surface area contributed by atoms with Crippen molar-refractivity contribution < 1.29 is 23.5 Å². The van der Waals surface area contributed by atoms with Gasteiger partial charge in [0.15, 0.2) is 5.13 Å². The summed E-state index contributed by atoms with van der Waals surface area (Å²) in [7, 11) is 0. The number of amides is 2. The molecule has 0 saturated carbocycles. The number of benzene rings is 1. The van der Waals surface area contributed by atoms with E-state index in [1.54, 1.807) is 37.4 Å². The van der Waals surface area contributed by atoms with Crippen molar-refractivity contribution in [3.63, 3.8) is 0 Å². The van der Waals surface area contributed by atoms with Gasteiger partial charge in [0.1, 0.15) is 10.7 Å². The zero-order chi connectivity index (χ0) is 23.8. The van der Waals surface area contributed by atoms with Gasteiger partial charge in [0.05, 0.1) is 18.8 Å². The fraction of sp³-hybridized carbons (Fsp3) is 0.304. The number of hydrogen-bond acceptors (Lipinski definition) is 7. The van der Waals surface area contributed by atoms with Crippen LogP contribution in [-0.2, 0) is 16.1 Å². The van der Waals surface area contributed by atoms with Crippen LogP contribution in [0.5, 0.6) is 0 Å². The predicted octanol–water partition coefficient (Wildman–Crippen LogP) is 4.57. The smallest absolute Gasteiger partial charge is 0.350 e. The molecular weight excluding hydrogens is 465 g/mol. The van der Waals surface area contributed by atoms with Gasteiger partial charge in [-0.1, -0.05) is 23.5 Å². The first-order chi connectivity index (χ1) is 15.9. The highest BCUT2D eigenvalue weighted by molar-refractivity contribution is 7.17. The van der Waals surface area contributed by atoms with E-state index in [2.05, 4.69) is 10.3 Å². The van der Waals surface area contributed by atoms with Crippen LogP contribution in [0.3, 0.4) is 0 Å². The summed E-state index contributed by atoms with van der Waals surface area (Å²) >= 11 is 2.53. The normalized spacial score (nSPS) is 10.6. The van der Waals surface area contributed by atoms with Crippen LogP contribution in [0, 0.1) is 12.7 Å². The highest BCUT2D eigenvalue weighted by Gasteiger charge is 2.24. The van der Waals surface area contributed by atoms with Gasteiger partial charge in [0.25, 0.3) is 5.91 Å². The lowest BCUT2D eigenvalue weighted by Gasteiger charge is -2.20. The Bertz CT molecular complexity index is 1100. The lowest BCUT2D eigenvalue weighted by Crippen LogP contribution is -2.31. The molecule has 0 fully saturated rings. The minimum absolute atomic E-state index is 0.165. The maximum atomic E-state index is 13.3. The summed E-state index contributed by atoms with van der Waals surface area (Å²) in [4.78, 5) is 43.6. The third-order valence-corrected chi connectivity index (χ3v) is 6.51. The van der Waals surface area contributed by atoms with Crippen LogP contribution in [0.4, 0.5) is 9.52 Å². The van der Waals surface area contributed by atoms with Crippen molar-refractivity contribution in [2.75, 3.05) is 18.1 Å². The second-order valence-electron chi connectivity index (χ2n) is 7.11. The monoisotopic (exact) mass is 489 g/mol. The molecule has 0 unspecified atom stereocenters. The number of carbonyl (C=O) groups is 3. The molecule has 0 spiro atoms. The van der Waals surface area contributed by atoms with Gasteiger partial charge < -0.3 is 10.1 Å². The molecule has 0 radical (unpaired) electrons. The van der Waals surface area contributed by atoms with Crippen LogP contribution in [-0.4, -0.2) is 35.9 Å². The molecule has 10 heteroatoms. The topological polar surface area (TPSA) is 88.6 Å². The average Bonchev–Trinajstić information content (AvgIpc) is 3.46. The first kappa shape index (κ1) is 24.5. The molecule has 3 aromatic rings. The molecule has 7 nitrogen and oxygen atoms in total. The highest BCUT2D eigenvalue weighted by Crippen LogP contribution is 2.29. The van der Waals surface area contributed by atoms with Gasteiger partial charge in [-0.05, 0) is 49.4 Å². The summed E-state index contributed by atoms with van der Waals surface area (Å²) < 4.78 is 18.4. The quantitative estimate of drug-likeness (QED) is 0.333. The van der Waals surface area contributed by atoms with Gasteiger partial charge in [-0.25, -0.2) is 14.2 Å². The Morgan fingerprint density at radius 3 is 2.61 bits per heavy atom. The van der Waals surface area contributed by atoms with E-state index in [1.165, 1.54) is 28.4 Å². The predicted molar refractivity (Wildman–Crippen MR) is 126 cm³/mol. The molecule has 33 heavy (non-hydrogen) atoms. The van der Waals surface area contributed by atoms with Crippen molar-refractivity contribution in [3.05, 3.63) is 68.6 Å².